The predicted molar refractivity (Wildman–Crippen MR) is 60.7 cm³/mol. The molecular weight excluding hydrogens is 285 g/mol. The lowest BCUT2D eigenvalue weighted by Gasteiger charge is -2.13. The maximum atomic E-state index is 12.6. The zero-order valence-corrected chi connectivity index (χ0v) is 10.5. The summed E-state index contributed by atoms with van der Waals surface area (Å²) in [4.78, 5) is 0. The normalized spacial score (nSPS) is 13.8. The summed E-state index contributed by atoms with van der Waals surface area (Å²) in [6, 6.07) is 5.34. The van der Waals surface area contributed by atoms with Crippen molar-refractivity contribution in [2.45, 2.75) is 13.0 Å². The molecule has 0 radical (unpaired) electrons. The minimum atomic E-state index is -3.30. The van der Waals surface area contributed by atoms with Crippen molar-refractivity contribution in [3.05, 3.63) is 35.6 Å². The largest absolute Gasteiger partial charge is 0.222 e. The van der Waals surface area contributed by atoms with E-state index >= 15 is 0 Å². The van der Waals surface area contributed by atoms with Gasteiger partial charge in [-0.25, -0.2) is 17.5 Å². The van der Waals surface area contributed by atoms with Crippen LogP contribution >= 0.6 is 15.9 Å². The summed E-state index contributed by atoms with van der Waals surface area (Å²) in [6.07, 6.45) is 0. The van der Waals surface area contributed by atoms with Crippen molar-refractivity contribution in [1.82, 2.24) is 4.72 Å². The van der Waals surface area contributed by atoms with E-state index in [1.165, 1.54) is 12.1 Å². The van der Waals surface area contributed by atoms with Gasteiger partial charge in [0.25, 0.3) is 0 Å². The summed E-state index contributed by atoms with van der Waals surface area (Å²) in [5, 5.41) is 0. The number of benzene rings is 1. The quantitative estimate of drug-likeness (QED) is 0.865. The average molecular weight is 296 g/mol. The van der Waals surface area contributed by atoms with Gasteiger partial charge in [-0.3, -0.25) is 0 Å². The molecule has 6 heteroatoms. The van der Waals surface area contributed by atoms with Gasteiger partial charge in [0.2, 0.25) is 10.0 Å². The van der Waals surface area contributed by atoms with Crippen molar-refractivity contribution in [3.63, 3.8) is 0 Å². The van der Waals surface area contributed by atoms with Crippen LogP contribution in [0.2, 0.25) is 0 Å². The number of nitrogens with one attached hydrogen (secondary N) is 1. The molecule has 1 atom stereocenters. The molecule has 1 N–H and O–H groups in total. The maximum absolute atomic E-state index is 12.6. The Morgan fingerprint density at radius 3 is 2.40 bits per heavy atom. The molecule has 0 spiro atoms. The smallest absolute Gasteiger partial charge is 0.212 e. The monoisotopic (exact) mass is 295 g/mol. The lowest BCUT2D eigenvalue weighted by Crippen LogP contribution is -2.27. The summed E-state index contributed by atoms with van der Waals surface area (Å²) in [7, 11) is -3.30. The minimum absolute atomic E-state index is 0.147. The fraction of sp³-hybridized carbons (Fsp3) is 0.333. The molecule has 0 bridgehead atoms. The molecule has 0 saturated heterocycles. The molecule has 1 aromatic rings. The zero-order chi connectivity index (χ0) is 11.5. The molecule has 0 fully saturated rings. The van der Waals surface area contributed by atoms with E-state index in [2.05, 4.69) is 20.7 Å². The average Bonchev–Trinajstić information content (AvgIpc) is 2.18. The summed E-state index contributed by atoms with van der Waals surface area (Å²) in [5.41, 5.74) is 0.723. The van der Waals surface area contributed by atoms with E-state index in [1.807, 2.05) is 0 Å². The van der Waals surface area contributed by atoms with Crippen LogP contribution in [0.3, 0.4) is 0 Å². The fourth-order valence-corrected chi connectivity index (χ4v) is 2.25. The second-order valence-corrected chi connectivity index (χ2v) is 6.17. The van der Waals surface area contributed by atoms with Crippen LogP contribution in [0.4, 0.5) is 4.39 Å². The molecule has 0 amide bonds. The van der Waals surface area contributed by atoms with Crippen LogP contribution in [0.25, 0.3) is 0 Å². The van der Waals surface area contributed by atoms with Gasteiger partial charge in [0, 0.05) is 6.04 Å². The highest BCUT2D eigenvalue weighted by Gasteiger charge is 2.13. The number of alkyl halides is 1. The lowest BCUT2D eigenvalue weighted by molar-refractivity contribution is 0.571. The van der Waals surface area contributed by atoms with Gasteiger partial charge in [-0.05, 0) is 24.6 Å². The first-order valence-corrected chi connectivity index (χ1v) is 7.03. The van der Waals surface area contributed by atoms with Crippen LogP contribution in [0.15, 0.2) is 24.3 Å². The lowest BCUT2D eigenvalue weighted by atomic mass is 10.1. The van der Waals surface area contributed by atoms with Crippen molar-refractivity contribution in [2.75, 3.05) is 4.66 Å². The number of hydrogen-bond acceptors (Lipinski definition) is 2. The highest BCUT2D eigenvalue weighted by atomic mass is 79.9. The van der Waals surface area contributed by atoms with Crippen molar-refractivity contribution >= 4 is 26.0 Å². The van der Waals surface area contributed by atoms with Gasteiger partial charge in [-0.15, -0.1) is 0 Å². The molecule has 84 valence electrons. The van der Waals surface area contributed by atoms with Crippen molar-refractivity contribution in [1.29, 1.82) is 0 Å². The SMILES string of the molecule is C[C@H](NS(=O)(=O)CBr)c1ccc(F)cc1. The second kappa shape index (κ2) is 5.05. The Balaban J connectivity index is 2.78. The van der Waals surface area contributed by atoms with Gasteiger partial charge in [-0.2, -0.15) is 0 Å². The fourth-order valence-electron chi connectivity index (χ4n) is 1.12. The second-order valence-electron chi connectivity index (χ2n) is 3.11. The van der Waals surface area contributed by atoms with Crippen LogP contribution in [0.1, 0.15) is 18.5 Å². The van der Waals surface area contributed by atoms with Crippen molar-refractivity contribution in [2.24, 2.45) is 0 Å². The van der Waals surface area contributed by atoms with Crippen LogP contribution < -0.4 is 4.72 Å². The Labute approximate surface area is 96.9 Å². The zero-order valence-electron chi connectivity index (χ0n) is 8.07. The molecule has 0 aliphatic heterocycles. The molecule has 15 heavy (non-hydrogen) atoms. The first-order chi connectivity index (χ1) is 6.94. The Hall–Kier alpha value is -0.460. The topological polar surface area (TPSA) is 46.2 Å². The van der Waals surface area contributed by atoms with E-state index < -0.39 is 10.0 Å². The van der Waals surface area contributed by atoms with Crippen LogP contribution in [0, 0.1) is 5.82 Å². The molecule has 1 aromatic carbocycles. The van der Waals surface area contributed by atoms with Gasteiger partial charge in [-0.1, -0.05) is 28.1 Å². The Kier molecular flexibility index (Phi) is 4.24. The van der Waals surface area contributed by atoms with Crippen molar-refractivity contribution < 1.29 is 12.8 Å². The number of sulfonamides is 1. The molecular formula is C9H11BrFNO2S. The van der Waals surface area contributed by atoms with Gasteiger partial charge in [0.15, 0.2) is 0 Å². The van der Waals surface area contributed by atoms with E-state index in [0.29, 0.717) is 0 Å². The molecule has 1 rings (SSSR count). The van der Waals surface area contributed by atoms with E-state index in [4.69, 9.17) is 0 Å². The van der Waals surface area contributed by atoms with Gasteiger partial charge in [0.1, 0.15) is 10.5 Å². The predicted octanol–water partition coefficient (Wildman–Crippen LogP) is 2.16. The Morgan fingerprint density at radius 1 is 1.40 bits per heavy atom. The van der Waals surface area contributed by atoms with Crippen LogP contribution in [-0.2, 0) is 10.0 Å². The molecule has 0 aliphatic rings. The van der Waals surface area contributed by atoms with E-state index in [0.717, 1.165) is 5.56 Å². The van der Waals surface area contributed by atoms with Gasteiger partial charge < -0.3 is 0 Å². The molecule has 3 nitrogen and oxygen atoms in total. The van der Waals surface area contributed by atoms with E-state index in [1.54, 1.807) is 19.1 Å². The molecule has 0 aromatic heterocycles. The number of hydrogen-bond donors (Lipinski definition) is 1. The molecule has 0 heterocycles. The first kappa shape index (κ1) is 12.6. The number of halogens is 2. The third kappa shape index (κ3) is 3.89. The van der Waals surface area contributed by atoms with Crippen LogP contribution in [-0.4, -0.2) is 13.1 Å². The summed E-state index contributed by atoms with van der Waals surface area (Å²) < 4.78 is 37.3. The maximum Gasteiger partial charge on any atom is 0.222 e. The van der Waals surface area contributed by atoms with Crippen LogP contribution in [0.5, 0.6) is 0 Å². The summed E-state index contributed by atoms with van der Waals surface area (Å²) in [5.74, 6) is -0.339. The Morgan fingerprint density at radius 2 is 1.93 bits per heavy atom. The van der Waals surface area contributed by atoms with Gasteiger partial charge >= 0.3 is 0 Å². The molecule has 0 aliphatic carbocycles. The minimum Gasteiger partial charge on any atom is -0.212 e. The highest BCUT2D eigenvalue weighted by Crippen LogP contribution is 2.14. The highest BCUT2D eigenvalue weighted by molar-refractivity contribution is 9.10. The van der Waals surface area contributed by atoms with Gasteiger partial charge in [0.05, 0.1) is 0 Å². The standard InChI is InChI=1S/C9H11BrFNO2S/c1-7(12-15(13,14)6-10)8-2-4-9(11)5-3-8/h2-5,7,12H,6H2,1H3/t7-/m0/s1. The number of rotatable bonds is 4. The first-order valence-electron chi connectivity index (χ1n) is 4.26. The molecule has 0 saturated carbocycles. The molecule has 0 unspecified atom stereocenters. The van der Waals surface area contributed by atoms with E-state index in [-0.39, 0.29) is 16.5 Å². The summed E-state index contributed by atoms with van der Waals surface area (Å²) in [6.45, 7) is 1.70. The van der Waals surface area contributed by atoms with E-state index in [9.17, 15) is 12.8 Å². The Bertz CT molecular complexity index is 418. The summed E-state index contributed by atoms with van der Waals surface area (Å²) >= 11 is 2.87. The third-order valence-electron chi connectivity index (χ3n) is 1.87. The third-order valence-corrected chi connectivity index (χ3v) is 4.68. The van der Waals surface area contributed by atoms with Crippen molar-refractivity contribution in [3.8, 4) is 0 Å².